The summed E-state index contributed by atoms with van der Waals surface area (Å²) in [5, 5.41) is 0. The fourth-order valence-electron chi connectivity index (χ4n) is 2.55. The van der Waals surface area contributed by atoms with Gasteiger partial charge in [-0.15, -0.1) is 0 Å². The lowest BCUT2D eigenvalue weighted by Crippen LogP contribution is -2.36. The lowest BCUT2D eigenvalue weighted by molar-refractivity contribution is -0.667. The molecule has 0 fully saturated rings. The molecule has 17 heavy (non-hydrogen) atoms. The highest BCUT2D eigenvalue weighted by Gasteiger charge is 2.20. The summed E-state index contributed by atoms with van der Waals surface area (Å²) in [6, 6.07) is 13.0. The zero-order valence-electron chi connectivity index (χ0n) is 10.3. The Morgan fingerprint density at radius 2 is 1.88 bits per heavy atom. The summed E-state index contributed by atoms with van der Waals surface area (Å²) < 4.78 is 2.32. The molecule has 1 aliphatic carbocycles. The van der Waals surface area contributed by atoms with E-state index in [1.54, 1.807) is 0 Å². The van der Waals surface area contributed by atoms with Gasteiger partial charge in [-0.1, -0.05) is 30.4 Å². The van der Waals surface area contributed by atoms with Gasteiger partial charge in [-0.3, -0.25) is 0 Å². The second kappa shape index (κ2) is 3.85. The minimum Gasteiger partial charge on any atom is -0.197 e. The molecule has 0 spiro atoms. The smallest absolute Gasteiger partial charge is 0.197 e. The van der Waals surface area contributed by atoms with Crippen LogP contribution in [0, 0.1) is 6.92 Å². The molecule has 0 bridgehead atoms. The van der Waals surface area contributed by atoms with Crippen LogP contribution in [0.15, 0.2) is 42.5 Å². The number of hydrogen-bond acceptors (Lipinski definition) is 0. The van der Waals surface area contributed by atoms with Crippen molar-refractivity contribution in [1.29, 1.82) is 0 Å². The first kappa shape index (κ1) is 10.3. The molecule has 84 valence electrons. The molecule has 3 rings (SSSR count). The summed E-state index contributed by atoms with van der Waals surface area (Å²) in [5.41, 5.74) is 6.71. The van der Waals surface area contributed by atoms with Crippen molar-refractivity contribution >= 4 is 6.08 Å². The maximum Gasteiger partial charge on any atom is 0.212 e. The van der Waals surface area contributed by atoms with Crippen molar-refractivity contribution < 1.29 is 4.57 Å². The lowest BCUT2D eigenvalue weighted by Gasteiger charge is -2.06. The Hall–Kier alpha value is -1.89. The number of aryl methyl sites for hydroxylation is 1. The van der Waals surface area contributed by atoms with Crippen molar-refractivity contribution in [2.24, 2.45) is 7.05 Å². The van der Waals surface area contributed by atoms with Crippen LogP contribution in [-0.4, -0.2) is 0 Å². The molecule has 1 heterocycles. The summed E-state index contributed by atoms with van der Waals surface area (Å²) in [4.78, 5) is 0. The molecule has 0 radical (unpaired) electrons. The van der Waals surface area contributed by atoms with Crippen LogP contribution in [0.4, 0.5) is 0 Å². The number of rotatable bonds is 1. The fraction of sp³-hybridized carbons (Fsp3) is 0.188. The van der Waals surface area contributed by atoms with Gasteiger partial charge in [-0.25, -0.2) is 0 Å². The van der Waals surface area contributed by atoms with E-state index in [-0.39, 0.29) is 0 Å². The van der Waals surface area contributed by atoms with Crippen molar-refractivity contribution in [3.05, 3.63) is 59.3 Å². The molecule has 0 aliphatic heterocycles. The van der Waals surface area contributed by atoms with Crippen LogP contribution in [-0.2, 0) is 13.5 Å². The first-order chi connectivity index (χ1) is 8.27. The van der Waals surface area contributed by atoms with E-state index in [0.717, 1.165) is 6.42 Å². The van der Waals surface area contributed by atoms with Crippen molar-refractivity contribution in [3.63, 3.8) is 0 Å². The Labute approximate surface area is 102 Å². The number of hydrogen-bond donors (Lipinski definition) is 0. The predicted octanol–water partition coefficient (Wildman–Crippen LogP) is 3.06. The van der Waals surface area contributed by atoms with E-state index in [9.17, 15) is 0 Å². The third-order valence-electron chi connectivity index (χ3n) is 3.55. The molecule has 1 aliphatic rings. The number of pyridine rings is 1. The maximum atomic E-state index is 2.32. The predicted molar refractivity (Wildman–Crippen MR) is 70.5 cm³/mol. The highest BCUT2D eigenvalue weighted by molar-refractivity contribution is 5.64. The van der Waals surface area contributed by atoms with Crippen molar-refractivity contribution in [2.45, 2.75) is 13.3 Å². The highest BCUT2D eigenvalue weighted by Crippen LogP contribution is 2.23. The highest BCUT2D eigenvalue weighted by atomic mass is 14.9. The number of benzene rings is 1. The monoisotopic (exact) mass is 222 g/mol. The molecular formula is C16H16N+. The summed E-state index contributed by atoms with van der Waals surface area (Å²) in [6.07, 6.45) is 5.48. The third kappa shape index (κ3) is 1.59. The first-order valence-electron chi connectivity index (χ1n) is 6.02. The van der Waals surface area contributed by atoms with Crippen LogP contribution >= 0.6 is 0 Å². The van der Waals surface area contributed by atoms with E-state index in [1.807, 2.05) is 0 Å². The van der Waals surface area contributed by atoms with Crippen molar-refractivity contribution in [3.8, 4) is 11.3 Å². The van der Waals surface area contributed by atoms with Crippen LogP contribution in [0.1, 0.15) is 16.8 Å². The van der Waals surface area contributed by atoms with Gasteiger partial charge in [0.1, 0.15) is 7.05 Å². The van der Waals surface area contributed by atoms with Gasteiger partial charge in [-0.2, -0.15) is 4.57 Å². The van der Waals surface area contributed by atoms with E-state index >= 15 is 0 Å². The van der Waals surface area contributed by atoms with Crippen LogP contribution in [0.3, 0.4) is 0 Å². The molecule has 0 atom stereocenters. The maximum absolute atomic E-state index is 2.32. The standard InChI is InChI=1S/C16H16N/c1-12-6-3-4-8-14(12)16-11-10-13-7-5-9-15(13)17(16)2/h3-8,10-11H,9H2,1-2H3/q+1. The number of aromatic nitrogens is 1. The Morgan fingerprint density at radius 1 is 1.06 bits per heavy atom. The normalized spacial score (nSPS) is 12.8. The van der Waals surface area contributed by atoms with Gasteiger partial charge >= 0.3 is 0 Å². The van der Waals surface area contributed by atoms with Crippen molar-refractivity contribution in [1.82, 2.24) is 0 Å². The van der Waals surface area contributed by atoms with E-state index in [2.05, 4.69) is 67.1 Å². The van der Waals surface area contributed by atoms with Gasteiger partial charge in [0.05, 0.1) is 6.42 Å². The van der Waals surface area contributed by atoms with E-state index < -0.39 is 0 Å². The van der Waals surface area contributed by atoms with Crippen LogP contribution in [0.25, 0.3) is 17.3 Å². The molecule has 1 nitrogen and oxygen atoms in total. The van der Waals surface area contributed by atoms with Crippen LogP contribution in [0.2, 0.25) is 0 Å². The van der Waals surface area contributed by atoms with Gasteiger partial charge in [0, 0.05) is 17.2 Å². The minimum atomic E-state index is 1.05. The summed E-state index contributed by atoms with van der Waals surface area (Å²) >= 11 is 0. The summed E-state index contributed by atoms with van der Waals surface area (Å²) in [5.74, 6) is 0. The zero-order chi connectivity index (χ0) is 11.8. The molecule has 0 unspecified atom stereocenters. The fourth-order valence-corrected chi connectivity index (χ4v) is 2.55. The average Bonchev–Trinajstić information content (AvgIpc) is 2.80. The average molecular weight is 222 g/mol. The van der Waals surface area contributed by atoms with Gasteiger partial charge < -0.3 is 0 Å². The Bertz CT molecular complexity index is 609. The van der Waals surface area contributed by atoms with Crippen LogP contribution < -0.4 is 4.57 Å². The Balaban J connectivity index is 2.21. The molecule has 0 amide bonds. The van der Waals surface area contributed by atoms with Gasteiger partial charge in [0.25, 0.3) is 0 Å². The summed E-state index contributed by atoms with van der Waals surface area (Å²) in [7, 11) is 2.16. The first-order valence-corrected chi connectivity index (χ1v) is 6.02. The largest absolute Gasteiger partial charge is 0.212 e. The molecule has 0 N–H and O–H groups in total. The zero-order valence-corrected chi connectivity index (χ0v) is 10.3. The molecule has 1 aromatic heterocycles. The molecule has 1 aromatic carbocycles. The molecule has 2 aromatic rings. The second-order valence-corrected chi connectivity index (χ2v) is 4.60. The summed E-state index contributed by atoms with van der Waals surface area (Å²) in [6.45, 7) is 2.17. The quantitative estimate of drug-likeness (QED) is 0.653. The van der Waals surface area contributed by atoms with Gasteiger partial charge in [0.15, 0.2) is 5.69 Å². The molecule has 0 saturated carbocycles. The third-order valence-corrected chi connectivity index (χ3v) is 3.55. The van der Waals surface area contributed by atoms with Crippen molar-refractivity contribution in [2.75, 3.05) is 0 Å². The second-order valence-electron chi connectivity index (χ2n) is 4.60. The van der Waals surface area contributed by atoms with Gasteiger partial charge in [0.2, 0.25) is 5.69 Å². The Morgan fingerprint density at radius 3 is 2.71 bits per heavy atom. The topological polar surface area (TPSA) is 3.88 Å². The van der Waals surface area contributed by atoms with E-state index in [1.165, 1.54) is 28.1 Å². The number of nitrogens with zero attached hydrogens (tertiary/aromatic N) is 1. The number of fused-ring (bicyclic) bond motifs is 1. The van der Waals surface area contributed by atoms with Gasteiger partial charge in [-0.05, 0) is 24.6 Å². The Kier molecular flexibility index (Phi) is 2.32. The lowest BCUT2D eigenvalue weighted by atomic mass is 10.0. The van der Waals surface area contributed by atoms with Crippen LogP contribution in [0.5, 0.6) is 0 Å². The SMILES string of the molecule is Cc1ccccc1-c1ccc2c([n+]1C)CC=C2. The molecule has 1 heteroatoms. The number of allylic oxidation sites excluding steroid dienone is 1. The minimum absolute atomic E-state index is 1.05. The molecular weight excluding hydrogens is 206 g/mol. The van der Waals surface area contributed by atoms with E-state index in [0.29, 0.717) is 0 Å². The molecule has 0 saturated heterocycles. The van der Waals surface area contributed by atoms with E-state index in [4.69, 9.17) is 0 Å².